The van der Waals surface area contributed by atoms with Gasteiger partial charge in [-0.2, -0.15) is 0 Å². The number of methoxy groups -OCH3 is 1. The number of rotatable bonds is 3. The molecular weight excluding hydrogens is 220 g/mol. The predicted molar refractivity (Wildman–Crippen MR) is 62.4 cm³/mol. The Kier molecular flexibility index (Phi) is 5.05. The molecule has 0 amide bonds. The molecule has 0 spiro atoms. The molecule has 1 unspecified atom stereocenters. The van der Waals surface area contributed by atoms with Gasteiger partial charge in [0.15, 0.2) is 0 Å². The Morgan fingerprint density at radius 2 is 2.06 bits per heavy atom. The van der Waals surface area contributed by atoms with Crippen LogP contribution in [0.4, 0.5) is 0 Å². The molecule has 0 saturated heterocycles. The Balaban J connectivity index is 2.68. The molecule has 1 rings (SSSR count). The molecule has 1 atom stereocenters. The summed E-state index contributed by atoms with van der Waals surface area (Å²) in [5, 5.41) is 9.68. The average Bonchev–Trinajstić information content (AvgIpc) is 2.36. The summed E-state index contributed by atoms with van der Waals surface area (Å²) in [6.07, 6.45) is -1.01. The lowest BCUT2D eigenvalue weighted by atomic mass is 10.1. The van der Waals surface area contributed by atoms with E-state index in [2.05, 4.69) is 16.6 Å². The molecule has 1 aromatic carbocycles. The minimum absolute atomic E-state index is 0.270. The van der Waals surface area contributed by atoms with E-state index >= 15 is 0 Å². The lowest BCUT2D eigenvalue weighted by molar-refractivity contribution is -0.136. The van der Waals surface area contributed by atoms with Crippen LogP contribution < -0.4 is 4.74 Å². The normalized spacial score (nSPS) is 11.0. The van der Waals surface area contributed by atoms with Crippen molar-refractivity contribution in [2.75, 3.05) is 13.7 Å². The number of hydrogen-bond donors (Lipinski definition) is 1. The Labute approximate surface area is 100 Å². The zero-order chi connectivity index (χ0) is 12.7. The first-order valence-corrected chi connectivity index (χ1v) is 5.17. The van der Waals surface area contributed by atoms with E-state index in [0.29, 0.717) is 11.3 Å². The number of carbonyl (C=O) groups excluding carboxylic acids is 1. The first-order chi connectivity index (χ1) is 8.17. The van der Waals surface area contributed by atoms with Gasteiger partial charge in [0.25, 0.3) is 0 Å². The molecular formula is C13H14O4. The monoisotopic (exact) mass is 234 g/mol. The van der Waals surface area contributed by atoms with Crippen LogP contribution in [0.15, 0.2) is 24.3 Å². The highest BCUT2D eigenvalue weighted by Gasteiger charge is 2.04. The van der Waals surface area contributed by atoms with E-state index < -0.39 is 12.1 Å². The van der Waals surface area contributed by atoms with Gasteiger partial charge in [0.1, 0.15) is 11.9 Å². The summed E-state index contributed by atoms with van der Waals surface area (Å²) in [6, 6.07) is 6.79. The van der Waals surface area contributed by atoms with Crippen LogP contribution in [0, 0.1) is 11.8 Å². The zero-order valence-electron chi connectivity index (χ0n) is 9.77. The highest BCUT2D eigenvalue weighted by Crippen LogP contribution is 2.16. The van der Waals surface area contributed by atoms with E-state index in [0.717, 1.165) is 0 Å². The minimum atomic E-state index is -1.01. The van der Waals surface area contributed by atoms with Crippen molar-refractivity contribution in [3.63, 3.8) is 0 Å². The zero-order valence-corrected chi connectivity index (χ0v) is 9.77. The third-order valence-electron chi connectivity index (χ3n) is 2.02. The van der Waals surface area contributed by atoms with Crippen LogP contribution in [0.5, 0.6) is 5.75 Å². The van der Waals surface area contributed by atoms with E-state index in [1.54, 1.807) is 38.3 Å². The number of benzene rings is 1. The summed E-state index contributed by atoms with van der Waals surface area (Å²) in [7, 11) is 1.56. The molecule has 0 fully saturated rings. The molecule has 1 aromatic rings. The molecule has 17 heavy (non-hydrogen) atoms. The summed E-state index contributed by atoms with van der Waals surface area (Å²) < 4.78 is 9.61. The van der Waals surface area contributed by atoms with Crippen LogP contribution in [0.2, 0.25) is 0 Å². The lowest BCUT2D eigenvalue weighted by Gasteiger charge is -2.04. The molecule has 0 saturated carbocycles. The molecule has 4 nitrogen and oxygen atoms in total. The fourth-order valence-electron chi connectivity index (χ4n) is 1.16. The third-order valence-corrected chi connectivity index (χ3v) is 2.02. The van der Waals surface area contributed by atoms with Crippen molar-refractivity contribution in [2.45, 2.75) is 13.0 Å². The van der Waals surface area contributed by atoms with Crippen molar-refractivity contribution in [1.82, 2.24) is 0 Å². The van der Waals surface area contributed by atoms with Gasteiger partial charge in [-0.3, -0.25) is 0 Å². The first-order valence-electron chi connectivity index (χ1n) is 5.17. The predicted octanol–water partition coefficient (Wildman–Crippen LogP) is 1.30. The summed E-state index contributed by atoms with van der Waals surface area (Å²) in [4.78, 5) is 11.0. The maximum Gasteiger partial charge on any atom is 0.384 e. The number of aliphatic hydroxyl groups is 1. The lowest BCUT2D eigenvalue weighted by Crippen LogP contribution is -2.01. The molecule has 0 aliphatic heterocycles. The molecule has 0 heterocycles. The van der Waals surface area contributed by atoms with Gasteiger partial charge in [-0.1, -0.05) is 18.1 Å². The van der Waals surface area contributed by atoms with Crippen molar-refractivity contribution in [2.24, 2.45) is 0 Å². The quantitative estimate of drug-likeness (QED) is 0.486. The van der Waals surface area contributed by atoms with Crippen LogP contribution in [0.3, 0.4) is 0 Å². The van der Waals surface area contributed by atoms with Gasteiger partial charge in [0, 0.05) is 5.92 Å². The van der Waals surface area contributed by atoms with Crippen molar-refractivity contribution < 1.29 is 19.4 Å². The van der Waals surface area contributed by atoms with Crippen molar-refractivity contribution in [3.8, 4) is 17.6 Å². The average molecular weight is 234 g/mol. The van der Waals surface area contributed by atoms with E-state index in [9.17, 15) is 9.90 Å². The van der Waals surface area contributed by atoms with Crippen molar-refractivity contribution in [1.29, 1.82) is 0 Å². The Morgan fingerprint density at radius 3 is 2.59 bits per heavy atom. The van der Waals surface area contributed by atoms with Crippen molar-refractivity contribution in [3.05, 3.63) is 29.8 Å². The van der Waals surface area contributed by atoms with Gasteiger partial charge < -0.3 is 14.6 Å². The molecule has 4 heteroatoms. The maximum absolute atomic E-state index is 11.0. The van der Waals surface area contributed by atoms with Gasteiger partial charge in [-0.25, -0.2) is 4.79 Å². The van der Waals surface area contributed by atoms with Crippen LogP contribution in [0.1, 0.15) is 18.6 Å². The van der Waals surface area contributed by atoms with E-state index in [1.807, 2.05) is 0 Å². The van der Waals surface area contributed by atoms with Crippen LogP contribution >= 0.6 is 0 Å². The van der Waals surface area contributed by atoms with Crippen LogP contribution in [-0.4, -0.2) is 24.8 Å². The summed E-state index contributed by atoms with van der Waals surface area (Å²) in [5.41, 5.74) is 0.600. The molecule has 0 bridgehead atoms. The summed E-state index contributed by atoms with van der Waals surface area (Å²) in [6.45, 7) is 1.96. The third kappa shape index (κ3) is 4.17. The standard InChI is InChI=1S/C13H14O4/c1-3-17-13(15)9-8-12(14)10-4-6-11(16-2)7-5-10/h4-7,12,14H,3H2,1-2H3. The molecule has 90 valence electrons. The molecule has 0 radical (unpaired) electrons. The largest absolute Gasteiger partial charge is 0.497 e. The van der Waals surface area contributed by atoms with Crippen LogP contribution in [-0.2, 0) is 9.53 Å². The fourth-order valence-corrected chi connectivity index (χ4v) is 1.16. The van der Waals surface area contributed by atoms with E-state index in [4.69, 9.17) is 4.74 Å². The van der Waals surface area contributed by atoms with E-state index in [-0.39, 0.29) is 6.61 Å². The van der Waals surface area contributed by atoms with Gasteiger partial charge in [-0.15, -0.1) is 0 Å². The first kappa shape index (κ1) is 13.1. The fraction of sp³-hybridized carbons (Fsp3) is 0.308. The number of carbonyl (C=O) groups is 1. The summed E-state index contributed by atoms with van der Waals surface area (Å²) in [5.74, 6) is 4.68. The maximum atomic E-state index is 11.0. The van der Waals surface area contributed by atoms with Crippen molar-refractivity contribution >= 4 is 5.97 Å². The second kappa shape index (κ2) is 6.56. The summed E-state index contributed by atoms with van der Waals surface area (Å²) >= 11 is 0. The molecule has 0 aliphatic rings. The topological polar surface area (TPSA) is 55.8 Å². The van der Waals surface area contributed by atoms with E-state index in [1.165, 1.54) is 0 Å². The Bertz CT molecular complexity index is 425. The second-order valence-electron chi connectivity index (χ2n) is 3.17. The smallest absolute Gasteiger partial charge is 0.384 e. The Hall–Kier alpha value is -1.99. The number of ether oxygens (including phenoxy) is 2. The molecule has 1 N–H and O–H groups in total. The van der Waals surface area contributed by atoms with Gasteiger partial charge in [0.2, 0.25) is 0 Å². The number of esters is 1. The number of hydrogen-bond acceptors (Lipinski definition) is 4. The minimum Gasteiger partial charge on any atom is -0.497 e. The van der Waals surface area contributed by atoms with Gasteiger partial charge >= 0.3 is 5.97 Å². The van der Waals surface area contributed by atoms with Crippen LogP contribution in [0.25, 0.3) is 0 Å². The van der Waals surface area contributed by atoms with Gasteiger partial charge in [0.05, 0.1) is 13.7 Å². The second-order valence-corrected chi connectivity index (χ2v) is 3.17. The molecule has 0 aliphatic carbocycles. The SMILES string of the molecule is CCOC(=O)C#CC(O)c1ccc(OC)cc1. The Morgan fingerprint density at radius 1 is 1.41 bits per heavy atom. The van der Waals surface area contributed by atoms with Gasteiger partial charge in [-0.05, 0) is 24.6 Å². The highest BCUT2D eigenvalue weighted by atomic mass is 16.5. The molecule has 0 aromatic heterocycles. The number of aliphatic hydroxyl groups excluding tert-OH is 1. The highest BCUT2D eigenvalue weighted by molar-refractivity contribution is 5.88.